The number of hydrogen-bond acceptors (Lipinski definition) is 5. The van der Waals surface area contributed by atoms with Crippen LogP contribution in [0, 0.1) is 0 Å². The number of halogens is 1. The van der Waals surface area contributed by atoms with E-state index in [2.05, 4.69) is 10.3 Å². The fourth-order valence-corrected chi connectivity index (χ4v) is 2.23. The number of nitrogens with zero attached hydrogens (tertiary/aromatic N) is 1. The van der Waals surface area contributed by atoms with E-state index < -0.39 is 12.0 Å². The summed E-state index contributed by atoms with van der Waals surface area (Å²) in [5, 5.41) is 14.5. The lowest BCUT2D eigenvalue weighted by molar-refractivity contribution is -0.138. The standard InChI is InChI=1S/C11H10ClN3O2S/c12-6-3-1-2-4-7(6)14-11-15-8(5-18-11)9(13)10(16)17/h1-5,9H,13H2,(H,14,15)(H,16,17). The number of carboxylic acids is 1. The number of aromatic nitrogens is 1. The van der Waals surface area contributed by atoms with Gasteiger partial charge in [0.2, 0.25) is 0 Å². The number of hydrogen-bond donors (Lipinski definition) is 3. The highest BCUT2D eigenvalue weighted by Crippen LogP contribution is 2.27. The van der Waals surface area contributed by atoms with Crippen molar-refractivity contribution in [1.29, 1.82) is 0 Å². The van der Waals surface area contributed by atoms with Crippen LogP contribution in [0.1, 0.15) is 11.7 Å². The van der Waals surface area contributed by atoms with E-state index in [1.807, 2.05) is 12.1 Å². The van der Waals surface area contributed by atoms with E-state index in [0.29, 0.717) is 21.5 Å². The van der Waals surface area contributed by atoms with Gasteiger partial charge in [-0.3, -0.25) is 4.79 Å². The van der Waals surface area contributed by atoms with Gasteiger partial charge in [0.05, 0.1) is 16.4 Å². The Kier molecular flexibility index (Phi) is 3.81. The molecule has 1 aromatic carbocycles. The van der Waals surface area contributed by atoms with E-state index in [-0.39, 0.29) is 0 Å². The number of anilines is 2. The lowest BCUT2D eigenvalue weighted by Gasteiger charge is -2.04. The zero-order valence-electron chi connectivity index (χ0n) is 9.13. The largest absolute Gasteiger partial charge is 0.480 e. The third-order valence-electron chi connectivity index (χ3n) is 2.22. The van der Waals surface area contributed by atoms with Gasteiger partial charge in [-0.05, 0) is 12.1 Å². The maximum atomic E-state index is 10.7. The Morgan fingerprint density at radius 1 is 1.50 bits per heavy atom. The van der Waals surface area contributed by atoms with Crippen molar-refractivity contribution in [3.8, 4) is 0 Å². The van der Waals surface area contributed by atoms with Crippen molar-refractivity contribution in [2.24, 2.45) is 5.73 Å². The molecule has 0 radical (unpaired) electrons. The van der Waals surface area contributed by atoms with Crippen molar-refractivity contribution in [2.45, 2.75) is 6.04 Å². The van der Waals surface area contributed by atoms with Gasteiger partial charge in [0, 0.05) is 5.38 Å². The summed E-state index contributed by atoms with van der Waals surface area (Å²) in [6.07, 6.45) is 0. The first-order valence-corrected chi connectivity index (χ1v) is 6.29. The van der Waals surface area contributed by atoms with E-state index >= 15 is 0 Å². The summed E-state index contributed by atoms with van der Waals surface area (Å²) < 4.78 is 0. The molecular formula is C11H10ClN3O2S. The van der Waals surface area contributed by atoms with Gasteiger partial charge >= 0.3 is 5.97 Å². The number of nitrogens with two attached hydrogens (primary N) is 1. The van der Waals surface area contributed by atoms with Crippen LogP contribution in [0.15, 0.2) is 29.6 Å². The molecule has 94 valence electrons. The quantitative estimate of drug-likeness (QED) is 0.803. The van der Waals surface area contributed by atoms with Crippen LogP contribution >= 0.6 is 22.9 Å². The number of aliphatic carboxylic acids is 1. The van der Waals surface area contributed by atoms with Crippen LogP contribution in [0.5, 0.6) is 0 Å². The highest BCUT2D eigenvalue weighted by molar-refractivity contribution is 7.13. The minimum atomic E-state index is -1.11. The highest BCUT2D eigenvalue weighted by Gasteiger charge is 2.17. The van der Waals surface area contributed by atoms with Crippen molar-refractivity contribution in [1.82, 2.24) is 4.98 Å². The third-order valence-corrected chi connectivity index (χ3v) is 3.33. The number of carboxylic acid groups (broad SMARTS) is 1. The average Bonchev–Trinajstić information content (AvgIpc) is 2.79. The van der Waals surface area contributed by atoms with Crippen molar-refractivity contribution >= 4 is 39.7 Å². The van der Waals surface area contributed by atoms with Gasteiger partial charge in [-0.15, -0.1) is 11.3 Å². The summed E-state index contributed by atoms with van der Waals surface area (Å²) >= 11 is 7.26. The zero-order valence-corrected chi connectivity index (χ0v) is 10.7. The van der Waals surface area contributed by atoms with E-state index in [9.17, 15) is 4.79 Å². The maximum absolute atomic E-state index is 10.7. The molecule has 4 N–H and O–H groups in total. The topological polar surface area (TPSA) is 88.2 Å². The van der Waals surface area contributed by atoms with Crippen molar-refractivity contribution < 1.29 is 9.90 Å². The Balaban J connectivity index is 2.17. The van der Waals surface area contributed by atoms with Gasteiger partial charge in [0.1, 0.15) is 6.04 Å². The fourth-order valence-electron chi connectivity index (χ4n) is 1.29. The Morgan fingerprint density at radius 3 is 2.89 bits per heavy atom. The van der Waals surface area contributed by atoms with Gasteiger partial charge in [0.25, 0.3) is 0 Å². The molecule has 5 nitrogen and oxygen atoms in total. The van der Waals surface area contributed by atoms with Crippen LogP contribution in [0.4, 0.5) is 10.8 Å². The van der Waals surface area contributed by atoms with E-state index in [1.54, 1.807) is 17.5 Å². The Bertz CT molecular complexity index is 573. The van der Waals surface area contributed by atoms with Gasteiger partial charge in [-0.1, -0.05) is 23.7 Å². The average molecular weight is 284 g/mol. The minimum absolute atomic E-state index is 0.321. The van der Waals surface area contributed by atoms with Crippen LogP contribution in [-0.2, 0) is 4.79 Å². The SMILES string of the molecule is NC(C(=O)O)c1csc(Nc2ccccc2Cl)n1. The molecule has 0 aliphatic heterocycles. The minimum Gasteiger partial charge on any atom is -0.480 e. The van der Waals surface area contributed by atoms with Crippen molar-refractivity contribution in [3.05, 3.63) is 40.4 Å². The first-order valence-electron chi connectivity index (χ1n) is 5.03. The molecule has 0 saturated carbocycles. The molecule has 0 aliphatic carbocycles. The molecule has 2 aromatic rings. The molecule has 1 heterocycles. The predicted molar refractivity (Wildman–Crippen MR) is 71.4 cm³/mol. The number of benzene rings is 1. The van der Waals surface area contributed by atoms with Crippen molar-refractivity contribution in [2.75, 3.05) is 5.32 Å². The Labute approximate surface area is 112 Å². The second-order valence-corrected chi connectivity index (χ2v) is 4.76. The molecule has 1 aromatic heterocycles. The van der Waals surface area contributed by atoms with Gasteiger partial charge < -0.3 is 16.2 Å². The summed E-state index contributed by atoms with van der Waals surface area (Å²) in [5.41, 5.74) is 6.50. The molecule has 0 bridgehead atoms. The van der Waals surface area contributed by atoms with E-state index in [1.165, 1.54) is 11.3 Å². The number of carbonyl (C=O) groups is 1. The fraction of sp³-hybridized carbons (Fsp3) is 0.0909. The van der Waals surface area contributed by atoms with Gasteiger partial charge in [-0.2, -0.15) is 0 Å². The van der Waals surface area contributed by atoms with Crippen LogP contribution < -0.4 is 11.1 Å². The van der Waals surface area contributed by atoms with Crippen LogP contribution in [0.25, 0.3) is 0 Å². The number of rotatable bonds is 4. The molecule has 1 unspecified atom stereocenters. The molecule has 0 spiro atoms. The predicted octanol–water partition coefficient (Wildman–Crippen LogP) is 2.62. The molecule has 0 saturated heterocycles. The number of thiazole rings is 1. The second-order valence-electron chi connectivity index (χ2n) is 3.50. The second kappa shape index (κ2) is 5.34. The normalized spacial score (nSPS) is 12.1. The van der Waals surface area contributed by atoms with E-state index in [4.69, 9.17) is 22.4 Å². The number of nitrogens with one attached hydrogen (secondary N) is 1. The van der Waals surface area contributed by atoms with Crippen LogP contribution in [-0.4, -0.2) is 16.1 Å². The highest BCUT2D eigenvalue weighted by atomic mass is 35.5. The lowest BCUT2D eigenvalue weighted by Crippen LogP contribution is -2.20. The Morgan fingerprint density at radius 2 is 2.22 bits per heavy atom. The van der Waals surface area contributed by atoms with Crippen molar-refractivity contribution in [3.63, 3.8) is 0 Å². The molecule has 7 heteroatoms. The summed E-state index contributed by atoms with van der Waals surface area (Å²) in [5.74, 6) is -1.11. The van der Waals surface area contributed by atoms with Crippen LogP contribution in [0.2, 0.25) is 5.02 Å². The Hall–Kier alpha value is -1.63. The zero-order chi connectivity index (χ0) is 13.1. The number of para-hydroxylation sites is 1. The molecule has 2 rings (SSSR count). The first kappa shape index (κ1) is 12.8. The summed E-state index contributed by atoms with van der Waals surface area (Å²) in [4.78, 5) is 14.8. The monoisotopic (exact) mass is 283 g/mol. The molecule has 0 fully saturated rings. The first-order chi connectivity index (χ1) is 8.58. The molecule has 1 atom stereocenters. The van der Waals surface area contributed by atoms with Crippen LogP contribution in [0.3, 0.4) is 0 Å². The van der Waals surface area contributed by atoms with Gasteiger partial charge in [0.15, 0.2) is 5.13 Å². The third kappa shape index (κ3) is 2.79. The smallest absolute Gasteiger partial charge is 0.326 e. The maximum Gasteiger partial charge on any atom is 0.326 e. The molecule has 18 heavy (non-hydrogen) atoms. The summed E-state index contributed by atoms with van der Waals surface area (Å²) in [6.45, 7) is 0. The summed E-state index contributed by atoms with van der Waals surface area (Å²) in [6, 6.07) is 6.11. The van der Waals surface area contributed by atoms with Gasteiger partial charge in [-0.25, -0.2) is 4.98 Å². The summed E-state index contributed by atoms with van der Waals surface area (Å²) in [7, 11) is 0. The molecule has 0 amide bonds. The molecular weight excluding hydrogens is 274 g/mol. The molecule has 0 aliphatic rings. The lowest BCUT2D eigenvalue weighted by atomic mass is 10.2. The van der Waals surface area contributed by atoms with E-state index in [0.717, 1.165) is 0 Å².